The summed E-state index contributed by atoms with van der Waals surface area (Å²) in [6.45, 7) is 6.49. The van der Waals surface area contributed by atoms with Crippen LogP contribution in [0.25, 0.3) is 0 Å². The molecule has 1 aliphatic heterocycles. The standard InChI is InChI=1S/C21H31N3O2.ClH/c1-21(2,3)18(22)20(26)24-13-7-12-17(24)19(25)23-16-11-6-9-14-8-4-5-10-15(14)16;/h4-5,8,10,16-18H,6-7,9,11-13,22H2,1-3H3,(H,23,25);1H. The van der Waals surface area contributed by atoms with Crippen molar-refractivity contribution in [1.29, 1.82) is 0 Å². The largest absolute Gasteiger partial charge is 0.347 e. The molecule has 3 N–H and O–H groups in total. The van der Waals surface area contributed by atoms with E-state index in [4.69, 9.17) is 5.73 Å². The lowest BCUT2D eigenvalue weighted by atomic mass is 9.86. The summed E-state index contributed by atoms with van der Waals surface area (Å²) in [5, 5.41) is 3.21. The first kappa shape index (κ1) is 21.7. The first-order valence-corrected chi connectivity index (χ1v) is 9.73. The Bertz CT molecular complexity index is 686. The van der Waals surface area contributed by atoms with E-state index in [1.54, 1.807) is 4.90 Å². The molecule has 0 radical (unpaired) electrons. The van der Waals surface area contributed by atoms with Crippen molar-refractivity contribution in [2.45, 2.75) is 71.0 Å². The predicted molar refractivity (Wildman–Crippen MR) is 110 cm³/mol. The fourth-order valence-corrected chi connectivity index (χ4v) is 4.02. The van der Waals surface area contributed by atoms with Crippen LogP contribution in [-0.4, -0.2) is 35.3 Å². The summed E-state index contributed by atoms with van der Waals surface area (Å²) in [4.78, 5) is 27.5. The third kappa shape index (κ3) is 4.64. The molecule has 1 aromatic carbocycles. The summed E-state index contributed by atoms with van der Waals surface area (Å²) >= 11 is 0. The van der Waals surface area contributed by atoms with Gasteiger partial charge in [-0.3, -0.25) is 9.59 Å². The minimum atomic E-state index is -0.591. The Morgan fingerprint density at radius 3 is 2.59 bits per heavy atom. The molecule has 1 aliphatic carbocycles. The lowest BCUT2D eigenvalue weighted by Crippen LogP contribution is -2.55. The van der Waals surface area contributed by atoms with E-state index in [2.05, 4.69) is 17.4 Å². The Morgan fingerprint density at radius 2 is 1.89 bits per heavy atom. The average molecular weight is 394 g/mol. The average Bonchev–Trinajstić information content (AvgIpc) is 3.10. The van der Waals surface area contributed by atoms with Crippen LogP contribution in [0.3, 0.4) is 0 Å². The Hall–Kier alpha value is -1.59. The van der Waals surface area contributed by atoms with Gasteiger partial charge in [-0.25, -0.2) is 0 Å². The molecule has 1 saturated heterocycles. The normalized spacial score (nSPS) is 23.2. The van der Waals surface area contributed by atoms with Crippen molar-refractivity contribution < 1.29 is 9.59 Å². The highest BCUT2D eigenvalue weighted by atomic mass is 35.5. The van der Waals surface area contributed by atoms with Gasteiger partial charge < -0.3 is 16.0 Å². The van der Waals surface area contributed by atoms with Gasteiger partial charge in [-0.15, -0.1) is 12.4 Å². The third-order valence-electron chi connectivity index (χ3n) is 5.72. The number of benzene rings is 1. The first-order valence-electron chi connectivity index (χ1n) is 9.73. The number of rotatable bonds is 3. The minimum absolute atomic E-state index is 0. The third-order valence-corrected chi connectivity index (χ3v) is 5.72. The zero-order chi connectivity index (χ0) is 18.9. The molecule has 3 rings (SSSR count). The number of hydrogen-bond donors (Lipinski definition) is 2. The van der Waals surface area contributed by atoms with Gasteiger partial charge in [0.2, 0.25) is 11.8 Å². The molecule has 1 aromatic rings. The van der Waals surface area contributed by atoms with Crippen LogP contribution in [-0.2, 0) is 16.0 Å². The second kappa shape index (κ2) is 8.61. The Labute approximate surface area is 168 Å². The molecule has 0 saturated carbocycles. The number of carbonyl (C=O) groups is 2. The van der Waals surface area contributed by atoms with Crippen LogP contribution in [0.1, 0.15) is 63.6 Å². The topological polar surface area (TPSA) is 75.4 Å². The maximum absolute atomic E-state index is 13.0. The quantitative estimate of drug-likeness (QED) is 0.828. The van der Waals surface area contributed by atoms with Gasteiger partial charge in [0, 0.05) is 6.54 Å². The van der Waals surface area contributed by atoms with Gasteiger partial charge in [-0.1, -0.05) is 45.0 Å². The molecule has 6 heteroatoms. The second-order valence-electron chi connectivity index (χ2n) is 8.69. The molecule has 3 atom stereocenters. The monoisotopic (exact) mass is 393 g/mol. The van der Waals surface area contributed by atoms with Crippen molar-refractivity contribution in [3.63, 3.8) is 0 Å². The second-order valence-corrected chi connectivity index (χ2v) is 8.69. The Morgan fingerprint density at radius 1 is 1.19 bits per heavy atom. The molecule has 0 aromatic heterocycles. The minimum Gasteiger partial charge on any atom is -0.347 e. The van der Waals surface area contributed by atoms with E-state index in [-0.39, 0.29) is 35.7 Å². The number of hydrogen-bond acceptors (Lipinski definition) is 3. The summed E-state index contributed by atoms with van der Waals surface area (Å²) in [6.07, 6.45) is 4.65. The van der Waals surface area contributed by atoms with Gasteiger partial charge in [0.25, 0.3) is 0 Å². The number of nitrogens with zero attached hydrogens (tertiary/aromatic N) is 1. The molecule has 1 fully saturated rings. The molecule has 150 valence electrons. The summed E-state index contributed by atoms with van der Waals surface area (Å²) in [6, 6.07) is 7.37. The highest BCUT2D eigenvalue weighted by molar-refractivity contribution is 5.90. The highest BCUT2D eigenvalue weighted by Crippen LogP contribution is 2.30. The molecule has 0 spiro atoms. The molecular formula is C21H32ClN3O2. The SMILES string of the molecule is CC(C)(C)C(N)C(=O)N1CCCC1C(=O)NC1CCCc2ccccc21.Cl. The van der Waals surface area contributed by atoms with Gasteiger partial charge >= 0.3 is 0 Å². The maximum Gasteiger partial charge on any atom is 0.243 e. The number of likely N-dealkylation sites (tertiary alicyclic amines) is 1. The van der Waals surface area contributed by atoms with Crippen molar-refractivity contribution >= 4 is 24.2 Å². The smallest absolute Gasteiger partial charge is 0.243 e. The Kier molecular flexibility index (Phi) is 6.92. The van der Waals surface area contributed by atoms with E-state index in [9.17, 15) is 9.59 Å². The van der Waals surface area contributed by atoms with Crippen LogP contribution in [0.5, 0.6) is 0 Å². The number of halogens is 1. The van der Waals surface area contributed by atoms with Crippen molar-refractivity contribution in [2.75, 3.05) is 6.54 Å². The van der Waals surface area contributed by atoms with E-state index in [0.717, 1.165) is 25.7 Å². The van der Waals surface area contributed by atoms with Crippen LogP contribution < -0.4 is 11.1 Å². The lowest BCUT2D eigenvalue weighted by molar-refractivity contribution is -0.141. The first-order chi connectivity index (χ1) is 12.3. The molecule has 3 unspecified atom stereocenters. The number of nitrogens with one attached hydrogen (secondary N) is 1. The molecule has 2 aliphatic rings. The number of nitrogens with two attached hydrogens (primary N) is 1. The number of aryl methyl sites for hydroxylation is 1. The lowest BCUT2D eigenvalue weighted by Gasteiger charge is -2.34. The number of fused-ring (bicyclic) bond motifs is 1. The zero-order valence-electron chi connectivity index (χ0n) is 16.5. The van der Waals surface area contributed by atoms with Crippen LogP contribution in [0, 0.1) is 5.41 Å². The molecule has 1 heterocycles. The van der Waals surface area contributed by atoms with Gasteiger partial charge in [0.15, 0.2) is 0 Å². The molecule has 5 nitrogen and oxygen atoms in total. The van der Waals surface area contributed by atoms with Crippen molar-refractivity contribution in [2.24, 2.45) is 11.1 Å². The molecular weight excluding hydrogens is 362 g/mol. The highest BCUT2D eigenvalue weighted by Gasteiger charge is 2.40. The molecule has 27 heavy (non-hydrogen) atoms. The van der Waals surface area contributed by atoms with E-state index < -0.39 is 12.1 Å². The van der Waals surface area contributed by atoms with Crippen LogP contribution in [0.15, 0.2) is 24.3 Å². The van der Waals surface area contributed by atoms with E-state index in [1.807, 2.05) is 32.9 Å². The van der Waals surface area contributed by atoms with Gasteiger partial charge in [-0.2, -0.15) is 0 Å². The van der Waals surface area contributed by atoms with Crippen LogP contribution in [0.2, 0.25) is 0 Å². The van der Waals surface area contributed by atoms with Crippen molar-refractivity contribution in [3.05, 3.63) is 35.4 Å². The number of amides is 2. The predicted octanol–water partition coefficient (Wildman–Crippen LogP) is 2.97. The van der Waals surface area contributed by atoms with E-state index in [0.29, 0.717) is 13.0 Å². The number of carbonyl (C=O) groups excluding carboxylic acids is 2. The maximum atomic E-state index is 13.0. The van der Waals surface area contributed by atoms with Gasteiger partial charge in [0.05, 0.1) is 12.1 Å². The molecule has 2 amide bonds. The van der Waals surface area contributed by atoms with Gasteiger partial charge in [-0.05, 0) is 48.6 Å². The van der Waals surface area contributed by atoms with E-state index in [1.165, 1.54) is 11.1 Å². The summed E-state index contributed by atoms with van der Waals surface area (Å²) in [7, 11) is 0. The Balaban J connectivity index is 0.00000261. The van der Waals surface area contributed by atoms with Crippen LogP contribution in [0.4, 0.5) is 0 Å². The van der Waals surface area contributed by atoms with Crippen molar-refractivity contribution in [3.8, 4) is 0 Å². The van der Waals surface area contributed by atoms with Gasteiger partial charge in [0.1, 0.15) is 6.04 Å². The fraction of sp³-hybridized carbons (Fsp3) is 0.619. The van der Waals surface area contributed by atoms with Crippen LogP contribution >= 0.6 is 12.4 Å². The summed E-state index contributed by atoms with van der Waals surface area (Å²) in [5.41, 5.74) is 8.38. The van der Waals surface area contributed by atoms with E-state index >= 15 is 0 Å². The molecule has 0 bridgehead atoms. The summed E-state index contributed by atoms with van der Waals surface area (Å²) < 4.78 is 0. The zero-order valence-corrected chi connectivity index (χ0v) is 17.3. The summed E-state index contributed by atoms with van der Waals surface area (Å²) in [5.74, 6) is -0.155. The van der Waals surface area contributed by atoms with Crippen molar-refractivity contribution in [1.82, 2.24) is 10.2 Å². The fourth-order valence-electron chi connectivity index (χ4n) is 4.02.